The number of nitrogens with zero attached hydrogens (tertiary/aromatic N) is 1. The number of hydrogen-bond acceptors (Lipinski definition) is 5. The van der Waals surface area contributed by atoms with Crippen molar-refractivity contribution in [2.75, 3.05) is 18.5 Å². The second-order valence-corrected chi connectivity index (χ2v) is 5.83. The van der Waals surface area contributed by atoms with E-state index in [9.17, 15) is 14.7 Å². The molecule has 0 atom stereocenters. The number of Topliss-reactive ketones (excluding diaryl/α,β-unsaturated/α-hetero) is 1. The molecule has 0 unspecified atom stereocenters. The number of nitrogens with one attached hydrogen (secondary N) is 1. The van der Waals surface area contributed by atoms with Gasteiger partial charge < -0.3 is 15.2 Å². The van der Waals surface area contributed by atoms with E-state index in [2.05, 4.69) is 10.3 Å². The fourth-order valence-electron chi connectivity index (χ4n) is 2.89. The Morgan fingerprint density at radius 2 is 1.74 bits per heavy atom. The Morgan fingerprint density at radius 3 is 2.37 bits per heavy atom. The number of fused-ring (bicyclic) bond motifs is 1. The first-order valence-corrected chi connectivity index (χ1v) is 8.73. The third-order valence-corrected chi connectivity index (χ3v) is 4.08. The molecule has 3 rings (SSSR count). The smallest absolute Gasteiger partial charge is 0.261 e. The summed E-state index contributed by atoms with van der Waals surface area (Å²) < 4.78 is 5.38. The van der Waals surface area contributed by atoms with Crippen molar-refractivity contribution in [3.8, 4) is 5.75 Å². The third-order valence-electron chi connectivity index (χ3n) is 4.08. The molecule has 6 heteroatoms. The van der Waals surface area contributed by atoms with Crippen LogP contribution in [0, 0.1) is 0 Å². The number of amides is 1. The van der Waals surface area contributed by atoms with Crippen LogP contribution < -0.4 is 10.1 Å². The molecule has 6 nitrogen and oxygen atoms in total. The first-order chi connectivity index (χ1) is 13.1. The van der Waals surface area contributed by atoms with Gasteiger partial charge in [-0.1, -0.05) is 24.3 Å². The van der Waals surface area contributed by atoms with Gasteiger partial charge in [-0.15, -0.1) is 0 Å². The zero-order chi connectivity index (χ0) is 19.4. The second kappa shape index (κ2) is 7.86. The normalized spacial score (nSPS) is 14.9. The lowest BCUT2D eigenvalue weighted by Gasteiger charge is -2.20. The van der Waals surface area contributed by atoms with Gasteiger partial charge in [0.25, 0.3) is 5.91 Å². The van der Waals surface area contributed by atoms with Gasteiger partial charge in [0.2, 0.25) is 5.78 Å². The summed E-state index contributed by atoms with van der Waals surface area (Å²) in [4.78, 5) is 29.8. The molecular weight excluding hydrogens is 344 g/mol. The van der Waals surface area contributed by atoms with Crippen molar-refractivity contribution >= 4 is 28.8 Å². The molecule has 2 N–H and O–H groups in total. The van der Waals surface area contributed by atoms with E-state index in [0.29, 0.717) is 35.7 Å². The molecule has 1 amide bonds. The lowest BCUT2D eigenvalue weighted by Crippen LogP contribution is -2.31. The Hall–Kier alpha value is -3.41. The van der Waals surface area contributed by atoms with Crippen LogP contribution in [-0.2, 0) is 4.79 Å². The Balaban J connectivity index is 1.98. The van der Waals surface area contributed by atoms with E-state index in [0.717, 1.165) is 0 Å². The van der Waals surface area contributed by atoms with Crippen molar-refractivity contribution in [1.29, 1.82) is 0 Å². The summed E-state index contributed by atoms with van der Waals surface area (Å²) in [7, 11) is 0. The van der Waals surface area contributed by atoms with Crippen LogP contribution in [0.3, 0.4) is 0 Å². The predicted octanol–water partition coefficient (Wildman–Crippen LogP) is 3.65. The quantitative estimate of drug-likeness (QED) is 0.848. The van der Waals surface area contributed by atoms with Crippen LogP contribution in [0.25, 0.3) is 5.76 Å². The lowest BCUT2D eigenvalue weighted by atomic mass is 9.87. The number of benzene rings is 2. The number of aliphatic imine (C=N–C) groups is 1. The first kappa shape index (κ1) is 18.4. The average Bonchev–Trinajstić information content (AvgIpc) is 2.68. The second-order valence-electron chi connectivity index (χ2n) is 5.83. The molecule has 0 saturated heterocycles. The van der Waals surface area contributed by atoms with Gasteiger partial charge in [0.1, 0.15) is 22.8 Å². The molecule has 138 valence electrons. The SMILES string of the molecule is CCN=C1C(=O)c2ccccc2C(O)=C1C(=O)Nc1ccc(OCC)cc1. The Kier molecular flexibility index (Phi) is 5.35. The number of aliphatic hydroxyl groups is 1. The molecule has 0 saturated carbocycles. The molecule has 0 spiro atoms. The molecule has 1 aliphatic rings. The zero-order valence-electron chi connectivity index (χ0n) is 15.2. The third kappa shape index (κ3) is 3.60. The first-order valence-electron chi connectivity index (χ1n) is 8.73. The maximum atomic E-state index is 12.8. The van der Waals surface area contributed by atoms with Gasteiger partial charge in [0, 0.05) is 23.4 Å². The maximum absolute atomic E-state index is 12.8. The zero-order valence-corrected chi connectivity index (χ0v) is 15.2. The van der Waals surface area contributed by atoms with Crippen molar-refractivity contribution in [3.05, 3.63) is 65.2 Å². The molecule has 0 radical (unpaired) electrons. The molecule has 0 aromatic heterocycles. The molecule has 1 aliphatic carbocycles. The van der Waals surface area contributed by atoms with Gasteiger partial charge in [-0.2, -0.15) is 0 Å². The largest absolute Gasteiger partial charge is 0.506 e. The van der Waals surface area contributed by atoms with Crippen LogP contribution in [-0.4, -0.2) is 35.7 Å². The number of hydrogen-bond donors (Lipinski definition) is 2. The molecule has 0 aliphatic heterocycles. The minimum absolute atomic E-state index is 0.0304. The van der Waals surface area contributed by atoms with Crippen molar-refractivity contribution < 1.29 is 19.4 Å². The number of ketones is 1. The fraction of sp³-hybridized carbons (Fsp3) is 0.190. The highest BCUT2D eigenvalue weighted by molar-refractivity contribution is 6.59. The van der Waals surface area contributed by atoms with Crippen LogP contribution in [0.2, 0.25) is 0 Å². The van der Waals surface area contributed by atoms with Gasteiger partial charge in [-0.05, 0) is 38.1 Å². The number of carbonyl (C=O) groups excluding carboxylic acids is 2. The summed E-state index contributed by atoms with van der Waals surface area (Å²) in [5.41, 5.74) is 1.03. The molecule has 0 fully saturated rings. The van der Waals surface area contributed by atoms with E-state index in [1.807, 2.05) is 6.92 Å². The van der Waals surface area contributed by atoms with Crippen LogP contribution in [0.5, 0.6) is 5.75 Å². The summed E-state index contributed by atoms with van der Waals surface area (Å²) >= 11 is 0. The van der Waals surface area contributed by atoms with Gasteiger partial charge in [-0.25, -0.2) is 0 Å². The number of carbonyl (C=O) groups is 2. The van der Waals surface area contributed by atoms with E-state index in [4.69, 9.17) is 4.74 Å². The molecular formula is C21H20N2O4. The number of rotatable bonds is 5. The fourth-order valence-corrected chi connectivity index (χ4v) is 2.89. The summed E-state index contributed by atoms with van der Waals surface area (Å²) in [5.74, 6) is -0.526. The van der Waals surface area contributed by atoms with Crippen molar-refractivity contribution in [2.45, 2.75) is 13.8 Å². The Bertz CT molecular complexity index is 943. The topological polar surface area (TPSA) is 88.0 Å². The predicted molar refractivity (Wildman–Crippen MR) is 105 cm³/mol. The van der Waals surface area contributed by atoms with E-state index in [1.54, 1.807) is 55.5 Å². The Morgan fingerprint density at radius 1 is 1.07 bits per heavy atom. The van der Waals surface area contributed by atoms with Gasteiger partial charge in [-0.3, -0.25) is 14.6 Å². The number of anilines is 1. The minimum atomic E-state index is -0.591. The summed E-state index contributed by atoms with van der Waals surface area (Å²) in [5, 5.41) is 13.4. The van der Waals surface area contributed by atoms with Gasteiger partial charge in [0.05, 0.1) is 6.61 Å². The monoisotopic (exact) mass is 364 g/mol. The van der Waals surface area contributed by atoms with Gasteiger partial charge in [0.15, 0.2) is 0 Å². The van der Waals surface area contributed by atoms with E-state index in [1.165, 1.54) is 0 Å². The van der Waals surface area contributed by atoms with E-state index >= 15 is 0 Å². The molecule has 2 aromatic carbocycles. The molecule has 0 heterocycles. The van der Waals surface area contributed by atoms with Crippen LogP contribution in [0.4, 0.5) is 5.69 Å². The molecule has 27 heavy (non-hydrogen) atoms. The van der Waals surface area contributed by atoms with Crippen molar-refractivity contribution in [3.63, 3.8) is 0 Å². The summed E-state index contributed by atoms with van der Waals surface area (Å²) in [6, 6.07) is 13.5. The lowest BCUT2D eigenvalue weighted by molar-refractivity contribution is -0.112. The van der Waals surface area contributed by atoms with Crippen molar-refractivity contribution in [1.82, 2.24) is 0 Å². The maximum Gasteiger partial charge on any atom is 0.261 e. The van der Waals surface area contributed by atoms with E-state index in [-0.39, 0.29) is 22.8 Å². The molecule has 0 bridgehead atoms. The van der Waals surface area contributed by atoms with Gasteiger partial charge >= 0.3 is 0 Å². The van der Waals surface area contributed by atoms with Crippen LogP contribution >= 0.6 is 0 Å². The van der Waals surface area contributed by atoms with Crippen molar-refractivity contribution in [2.24, 2.45) is 4.99 Å². The number of ether oxygens (including phenoxy) is 1. The minimum Gasteiger partial charge on any atom is -0.506 e. The highest BCUT2D eigenvalue weighted by Crippen LogP contribution is 2.29. The summed E-state index contributed by atoms with van der Waals surface area (Å²) in [6.07, 6.45) is 0. The summed E-state index contributed by atoms with van der Waals surface area (Å²) in [6.45, 7) is 4.51. The molecule has 2 aromatic rings. The Labute approximate surface area is 157 Å². The number of aliphatic hydroxyl groups excluding tert-OH is 1. The average molecular weight is 364 g/mol. The van der Waals surface area contributed by atoms with Crippen LogP contribution in [0.1, 0.15) is 29.8 Å². The standard InChI is InChI=1S/C21H20N2O4/c1-3-22-18-17(19(24)15-7-5-6-8-16(15)20(18)25)21(26)23-13-9-11-14(12-10-13)27-4-2/h5-12,24H,3-4H2,1-2H3,(H,23,26). The van der Waals surface area contributed by atoms with E-state index < -0.39 is 5.91 Å². The highest BCUT2D eigenvalue weighted by Gasteiger charge is 2.34. The van der Waals surface area contributed by atoms with Crippen LogP contribution in [0.15, 0.2) is 59.1 Å². The highest BCUT2D eigenvalue weighted by atomic mass is 16.5.